The van der Waals surface area contributed by atoms with Gasteiger partial charge in [-0.15, -0.1) is 0 Å². The number of aromatic nitrogens is 2. The summed E-state index contributed by atoms with van der Waals surface area (Å²) in [4.78, 5) is 51.9. The summed E-state index contributed by atoms with van der Waals surface area (Å²) in [7, 11) is 0. The molecule has 1 saturated heterocycles. The lowest BCUT2D eigenvalue weighted by atomic mass is 10.1. The fraction of sp³-hybridized carbons (Fsp3) is 0.261. The van der Waals surface area contributed by atoms with Gasteiger partial charge >= 0.3 is 0 Å². The van der Waals surface area contributed by atoms with Crippen LogP contribution in [0.1, 0.15) is 36.7 Å². The Kier molecular flexibility index (Phi) is 6.52. The topological polar surface area (TPSA) is 113 Å². The van der Waals surface area contributed by atoms with Gasteiger partial charge in [0.15, 0.2) is 5.69 Å². The number of carbonyl (C=O) groups excluding carboxylic acids is 3. The Morgan fingerprint density at radius 3 is 2.48 bits per heavy atom. The first-order valence-electron chi connectivity index (χ1n) is 10.6. The second-order valence-corrected chi connectivity index (χ2v) is 8.11. The quantitative estimate of drug-likeness (QED) is 0.407. The van der Waals surface area contributed by atoms with Crippen LogP contribution in [-0.4, -0.2) is 33.5 Å². The number of aryl methyl sites for hydroxylation is 1. The molecule has 9 nitrogen and oxygen atoms in total. The third-order valence-corrected chi connectivity index (χ3v) is 5.65. The molecule has 1 aliphatic heterocycles. The molecular formula is C23H22ClN5O4. The van der Waals surface area contributed by atoms with E-state index >= 15 is 0 Å². The summed E-state index contributed by atoms with van der Waals surface area (Å²) in [5.41, 5.74) is 5.32. The van der Waals surface area contributed by atoms with E-state index in [-0.39, 0.29) is 17.7 Å². The molecule has 33 heavy (non-hydrogen) atoms. The van der Waals surface area contributed by atoms with E-state index in [9.17, 15) is 19.2 Å². The van der Waals surface area contributed by atoms with Gasteiger partial charge < -0.3 is 0 Å². The van der Waals surface area contributed by atoms with Crippen LogP contribution >= 0.6 is 11.6 Å². The molecule has 2 N–H and O–H groups in total. The number of fused-ring (bicyclic) bond motifs is 1. The molecule has 1 unspecified atom stereocenters. The third kappa shape index (κ3) is 4.50. The highest BCUT2D eigenvalue weighted by Gasteiger charge is 2.39. The summed E-state index contributed by atoms with van der Waals surface area (Å²) in [6, 6.07) is 12.1. The number of unbranched alkanes of at least 4 members (excludes halogenated alkanes) is 1. The monoisotopic (exact) mass is 467 g/mol. The molecule has 1 aromatic heterocycles. The first kappa shape index (κ1) is 22.6. The van der Waals surface area contributed by atoms with Crippen LogP contribution in [0.2, 0.25) is 5.02 Å². The van der Waals surface area contributed by atoms with Gasteiger partial charge in [0.25, 0.3) is 17.4 Å². The number of imide groups is 1. The van der Waals surface area contributed by atoms with E-state index in [1.54, 1.807) is 48.5 Å². The molecule has 2 aromatic carbocycles. The zero-order chi connectivity index (χ0) is 23.5. The number of hydrazine groups is 1. The van der Waals surface area contributed by atoms with Gasteiger partial charge in [0.2, 0.25) is 5.91 Å². The molecule has 3 amide bonds. The SMILES string of the molecule is CCCCn1nc(C(=O)NNC2CC(=O)N(c3ccc(Cl)cc3)C2=O)c2ccccc2c1=O. The van der Waals surface area contributed by atoms with Gasteiger partial charge in [0.05, 0.1) is 17.5 Å². The maximum atomic E-state index is 13.0. The first-order valence-corrected chi connectivity index (χ1v) is 11.0. The minimum absolute atomic E-state index is 0.0557. The number of hydrogen-bond acceptors (Lipinski definition) is 6. The number of nitrogens with zero attached hydrogens (tertiary/aromatic N) is 3. The molecule has 1 aliphatic rings. The number of amides is 3. The number of anilines is 1. The first-order chi connectivity index (χ1) is 15.9. The van der Waals surface area contributed by atoms with Crippen molar-refractivity contribution in [1.82, 2.24) is 20.6 Å². The van der Waals surface area contributed by atoms with Gasteiger partial charge in [-0.1, -0.05) is 43.1 Å². The lowest BCUT2D eigenvalue weighted by molar-refractivity contribution is -0.121. The highest BCUT2D eigenvalue weighted by Crippen LogP contribution is 2.24. The van der Waals surface area contributed by atoms with Crippen LogP contribution in [0.15, 0.2) is 53.3 Å². The van der Waals surface area contributed by atoms with Gasteiger partial charge in [-0.2, -0.15) is 5.10 Å². The molecule has 0 spiro atoms. The second kappa shape index (κ2) is 9.51. The molecule has 4 rings (SSSR count). The fourth-order valence-corrected chi connectivity index (χ4v) is 3.81. The Hall–Kier alpha value is -3.56. The van der Waals surface area contributed by atoms with E-state index < -0.39 is 23.8 Å². The number of carbonyl (C=O) groups is 3. The maximum Gasteiger partial charge on any atom is 0.286 e. The highest BCUT2D eigenvalue weighted by atomic mass is 35.5. The number of benzene rings is 2. The van der Waals surface area contributed by atoms with E-state index in [4.69, 9.17) is 11.6 Å². The lowest BCUT2D eigenvalue weighted by Crippen LogP contribution is -2.48. The average Bonchev–Trinajstić information content (AvgIpc) is 3.10. The molecule has 2 heterocycles. The van der Waals surface area contributed by atoms with Crippen LogP contribution in [0.5, 0.6) is 0 Å². The van der Waals surface area contributed by atoms with Crippen molar-refractivity contribution in [2.24, 2.45) is 0 Å². The molecule has 0 aliphatic carbocycles. The predicted octanol–water partition coefficient (Wildman–Crippen LogP) is 2.42. The van der Waals surface area contributed by atoms with Crippen LogP contribution in [0, 0.1) is 0 Å². The van der Waals surface area contributed by atoms with E-state index in [1.165, 1.54) is 4.68 Å². The van der Waals surface area contributed by atoms with Crippen molar-refractivity contribution in [3.63, 3.8) is 0 Å². The largest absolute Gasteiger partial charge is 0.286 e. The summed E-state index contributed by atoms with van der Waals surface area (Å²) >= 11 is 5.88. The molecule has 0 radical (unpaired) electrons. The van der Waals surface area contributed by atoms with E-state index in [0.29, 0.717) is 28.0 Å². The van der Waals surface area contributed by atoms with Crippen molar-refractivity contribution in [3.05, 3.63) is 69.6 Å². The number of nitrogens with one attached hydrogen (secondary N) is 2. The molecule has 1 fully saturated rings. The van der Waals surface area contributed by atoms with Gasteiger partial charge in [-0.25, -0.2) is 15.0 Å². The minimum atomic E-state index is -0.936. The lowest BCUT2D eigenvalue weighted by Gasteiger charge is -2.16. The molecule has 1 atom stereocenters. The van der Waals surface area contributed by atoms with Crippen molar-refractivity contribution in [2.45, 2.75) is 38.8 Å². The number of rotatable bonds is 7. The summed E-state index contributed by atoms with van der Waals surface area (Å²) < 4.78 is 1.28. The van der Waals surface area contributed by atoms with E-state index in [1.807, 2.05) is 6.92 Å². The van der Waals surface area contributed by atoms with Gasteiger partial charge in [0.1, 0.15) is 6.04 Å². The molecule has 0 bridgehead atoms. The Morgan fingerprint density at radius 2 is 1.79 bits per heavy atom. The summed E-state index contributed by atoms with van der Waals surface area (Å²) in [6.45, 7) is 2.39. The molecule has 3 aromatic rings. The predicted molar refractivity (Wildman–Crippen MR) is 124 cm³/mol. The Bertz CT molecular complexity index is 1290. The van der Waals surface area contributed by atoms with Crippen molar-refractivity contribution >= 4 is 45.8 Å². The fourth-order valence-electron chi connectivity index (χ4n) is 3.68. The third-order valence-electron chi connectivity index (χ3n) is 5.40. The van der Waals surface area contributed by atoms with Gasteiger partial charge in [-0.3, -0.25) is 24.6 Å². The summed E-state index contributed by atoms with van der Waals surface area (Å²) in [5, 5.41) is 5.54. The van der Waals surface area contributed by atoms with Crippen molar-refractivity contribution < 1.29 is 14.4 Å². The molecule has 170 valence electrons. The van der Waals surface area contributed by atoms with Crippen LogP contribution < -0.4 is 21.3 Å². The standard InChI is InChI=1S/C23H22ClN5O4/c1-2-3-12-28-22(32)17-7-5-4-6-16(17)20(27-28)21(31)26-25-18-13-19(30)29(23(18)33)15-10-8-14(24)9-11-15/h4-11,18,25H,2-3,12-13H2,1H3,(H,26,31). The van der Waals surface area contributed by atoms with Crippen molar-refractivity contribution in [1.29, 1.82) is 0 Å². The Balaban J connectivity index is 1.54. The smallest absolute Gasteiger partial charge is 0.285 e. The van der Waals surface area contributed by atoms with Crippen LogP contribution in [0.25, 0.3) is 10.8 Å². The van der Waals surface area contributed by atoms with Crippen LogP contribution in [0.4, 0.5) is 5.69 Å². The summed E-state index contributed by atoms with van der Waals surface area (Å²) in [5.74, 6) is -1.50. The van der Waals surface area contributed by atoms with Crippen LogP contribution in [0.3, 0.4) is 0 Å². The van der Waals surface area contributed by atoms with Gasteiger partial charge in [-0.05, 0) is 36.8 Å². The maximum absolute atomic E-state index is 13.0. The number of halogens is 1. The average molecular weight is 468 g/mol. The zero-order valence-corrected chi connectivity index (χ0v) is 18.6. The number of hydrogen-bond donors (Lipinski definition) is 2. The second-order valence-electron chi connectivity index (χ2n) is 7.68. The highest BCUT2D eigenvalue weighted by molar-refractivity contribution is 6.30. The minimum Gasteiger partial charge on any atom is -0.285 e. The van der Waals surface area contributed by atoms with E-state index in [2.05, 4.69) is 16.0 Å². The van der Waals surface area contributed by atoms with E-state index in [0.717, 1.165) is 17.7 Å². The zero-order valence-electron chi connectivity index (χ0n) is 17.9. The van der Waals surface area contributed by atoms with Crippen molar-refractivity contribution in [2.75, 3.05) is 4.90 Å². The normalized spacial score (nSPS) is 15.9. The molecule has 10 heteroatoms. The van der Waals surface area contributed by atoms with Crippen LogP contribution in [-0.2, 0) is 16.1 Å². The van der Waals surface area contributed by atoms with Gasteiger partial charge in [0, 0.05) is 17.0 Å². The Morgan fingerprint density at radius 1 is 1.09 bits per heavy atom. The molecular weight excluding hydrogens is 446 g/mol. The van der Waals surface area contributed by atoms with Crippen molar-refractivity contribution in [3.8, 4) is 0 Å². The summed E-state index contributed by atoms with van der Waals surface area (Å²) in [6.07, 6.45) is 1.49. The molecule has 0 saturated carbocycles. The Labute approximate surface area is 194 Å².